The number of methoxy groups -OCH3 is 1. The highest BCUT2D eigenvalue weighted by molar-refractivity contribution is 14.1. The Morgan fingerprint density at radius 2 is 1.92 bits per heavy atom. The quantitative estimate of drug-likeness (QED) is 0.316. The molecule has 2 rings (SSSR count). The summed E-state index contributed by atoms with van der Waals surface area (Å²) in [5, 5.41) is 6.52. The van der Waals surface area contributed by atoms with E-state index in [4.69, 9.17) is 4.84 Å². The summed E-state index contributed by atoms with van der Waals surface area (Å²) in [5.74, 6) is -0.690. The number of ether oxygens (including phenoxy) is 1. The van der Waals surface area contributed by atoms with Gasteiger partial charge in [-0.25, -0.2) is 4.79 Å². The third-order valence-electron chi connectivity index (χ3n) is 3.27. The maximum absolute atomic E-state index is 11.9. The summed E-state index contributed by atoms with van der Waals surface area (Å²) >= 11 is 2.21. The van der Waals surface area contributed by atoms with E-state index in [0.717, 1.165) is 20.4 Å². The highest BCUT2D eigenvalue weighted by Gasteiger charge is 2.06. The predicted octanol–water partition coefficient (Wildman–Crippen LogP) is 3.38. The summed E-state index contributed by atoms with van der Waals surface area (Å²) in [6.07, 6.45) is 1.46. The molecule has 0 aromatic heterocycles. The van der Waals surface area contributed by atoms with E-state index in [0.29, 0.717) is 5.56 Å². The number of aryl methyl sites for hydroxylation is 1. The van der Waals surface area contributed by atoms with Crippen molar-refractivity contribution >= 4 is 46.4 Å². The average molecular weight is 452 g/mol. The molecular weight excluding hydrogens is 435 g/mol. The second-order valence-electron chi connectivity index (χ2n) is 5.13. The lowest BCUT2D eigenvalue weighted by atomic mass is 10.1. The fraction of sp³-hybridized carbons (Fsp3) is 0.167. The first-order chi connectivity index (χ1) is 12.0. The number of anilines is 1. The number of esters is 1. The van der Waals surface area contributed by atoms with Crippen LogP contribution in [0.2, 0.25) is 0 Å². The second kappa shape index (κ2) is 9.16. The molecule has 7 heteroatoms. The first-order valence-corrected chi connectivity index (χ1v) is 8.47. The highest BCUT2D eigenvalue weighted by atomic mass is 127. The monoisotopic (exact) mass is 452 g/mol. The van der Waals surface area contributed by atoms with Gasteiger partial charge >= 0.3 is 5.97 Å². The topological polar surface area (TPSA) is 77.0 Å². The first kappa shape index (κ1) is 18.9. The molecule has 0 aliphatic rings. The largest absolute Gasteiger partial charge is 0.465 e. The Morgan fingerprint density at radius 3 is 2.56 bits per heavy atom. The van der Waals surface area contributed by atoms with E-state index in [1.807, 2.05) is 25.1 Å². The number of halogens is 1. The maximum atomic E-state index is 11.9. The average Bonchev–Trinajstić information content (AvgIpc) is 2.61. The van der Waals surface area contributed by atoms with Crippen molar-refractivity contribution in [3.8, 4) is 0 Å². The van der Waals surface area contributed by atoms with Crippen molar-refractivity contribution in [1.82, 2.24) is 0 Å². The van der Waals surface area contributed by atoms with Crippen LogP contribution in [0.15, 0.2) is 47.6 Å². The molecule has 0 unspecified atom stereocenters. The SMILES string of the molecule is COC(=O)c1ccc(/C=N\OCC(=O)Nc2ccc(I)cc2C)cc1. The van der Waals surface area contributed by atoms with Crippen LogP contribution in [0.25, 0.3) is 0 Å². The fourth-order valence-electron chi connectivity index (χ4n) is 1.97. The lowest BCUT2D eigenvalue weighted by molar-refractivity contribution is -0.120. The zero-order chi connectivity index (χ0) is 18.2. The number of amides is 1. The van der Waals surface area contributed by atoms with Gasteiger partial charge in [0.1, 0.15) is 0 Å². The Balaban J connectivity index is 1.82. The van der Waals surface area contributed by atoms with Gasteiger partial charge in [-0.2, -0.15) is 0 Å². The van der Waals surface area contributed by atoms with Gasteiger partial charge in [0.2, 0.25) is 0 Å². The number of benzene rings is 2. The smallest absolute Gasteiger partial charge is 0.337 e. The molecule has 1 N–H and O–H groups in total. The molecule has 0 bridgehead atoms. The van der Waals surface area contributed by atoms with Crippen LogP contribution in [0.3, 0.4) is 0 Å². The second-order valence-corrected chi connectivity index (χ2v) is 6.37. The zero-order valence-corrected chi connectivity index (χ0v) is 15.9. The Morgan fingerprint density at radius 1 is 1.20 bits per heavy atom. The van der Waals surface area contributed by atoms with Gasteiger partial charge in [0, 0.05) is 9.26 Å². The van der Waals surface area contributed by atoms with E-state index >= 15 is 0 Å². The predicted molar refractivity (Wildman–Crippen MR) is 104 cm³/mol. The number of rotatable bonds is 6. The Hall–Kier alpha value is -2.42. The van der Waals surface area contributed by atoms with Gasteiger partial charge in [-0.15, -0.1) is 0 Å². The zero-order valence-electron chi connectivity index (χ0n) is 13.8. The van der Waals surface area contributed by atoms with Crippen LogP contribution in [0.4, 0.5) is 5.69 Å². The van der Waals surface area contributed by atoms with Crippen LogP contribution >= 0.6 is 22.6 Å². The van der Waals surface area contributed by atoms with Crippen LogP contribution in [0.5, 0.6) is 0 Å². The molecule has 0 atom stereocenters. The number of hydrogen-bond donors (Lipinski definition) is 1. The van der Waals surface area contributed by atoms with Crippen molar-refractivity contribution in [3.63, 3.8) is 0 Å². The number of hydrogen-bond acceptors (Lipinski definition) is 5. The minimum Gasteiger partial charge on any atom is -0.465 e. The minimum absolute atomic E-state index is 0.192. The van der Waals surface area contributed by atoms with Gasteiger partial charge in [0.25, 0.3) is 5.91 Å². The van der Waals surface area contributed by atoms with Crippen molar-refractivity contribution in [2.45, 2.75) is 6.92 Å². The fourth-order valence-corrected chi connectivity index (χ4v) is 2.62. The first-order valence-electron chi connectivity index (χ1n) is 7.39. The number of nitrogens with zero attached hydrogens (tertiary/aromatic N) is 1. The van der Waals surface area contributed by atoms with Gasteiger partial charge in [0.05, 0.1) is 18.9 Å². The summed E-state index contributed by atoms with van der Waals surface area (Å²) in [6, 6.07) is 12.4. The molecule has 2 aromatic carbocycles. The summed E-state index contributed by atoms with van der Waals surface area (Å²) in [7, 11) is 1.33. The van der Waals surface area contributed by atoms with E-state index in [2.05, 4.69) is 37.8 Å². The van der Waals surface area contributed by atoms with E-state index in [1.165, 1.54) is 13.3 Å². The molecule has 130 valence electrons. The van der Waals surface area contributed by atoms with Crippen LogP contribution < -0.4 is 5.32 Å². The van der Waals surface area contributed by atoms with Crippen molar-refractivity contribution in [2.75, 3.05) is 19.0 Å². The summed E-state index contributed by atoms with van der Waals surface area (Å²) in [4.78, 5) is 28.2. The van der Waals surface area contributed by atoms with Crippen LogP contribution in [0, 0.1) is 10.5 Å². The molecular formula is C18H17IN2O4. The molecule has 1 amide bonds. The molecule has 0 heterocycles. The lowest BCUT2D eigenvalue weighted by Crippen LogP contribution is -2.17. The lowest BCUT2D eigenvalue weighted by Gasteiger charge is -2.07. The highest BCUT2D eigenvalue weighted by Crippen LogP contribution is 2.17. The molecule has 0 saturated heterocycles. The molecule has 0 aliphatic carbocycles. The standard InChI is InChI=1S/C18H17IN2O4/c1-12-9-15(19)7-8-16(12)21-17(22)11-25-20-10-13-3-5-14(6-4-13)18(23)24-2/h3-10H,11H2,1-2H3,(H,21,22)/b20-10-. The normalized spacial score (nSPS) is 10.5. The van der Waals surface area contributed by atoms with Crippen LogP contribution in [-0.4, -0.2) is 31.8 Å². The Kier molecular flexibility index (Phi) is 6.93. The summed E-state index contributed by atoms with van der Waals surface area (Å²) in [6.45, 7) is 1.73. The van der Waals surface area contributed by atoms with Gasteiger partial charge < -0.3 is 14.9 Å². The molecule has 6 nitrogen and oxygen atoms in total. The number of carbonyl (C=O) groups is 2. The van der Waals surface area contributed by atoms with Gasteiger partial charge in [-0.05, 0) is 71.0 Å². The van der Waals surface area contributed by atoms with E-state index in [1.54, 1.807) is 24.3 Å². The molecule has 25 heavy (non-hydrogen) atoms. The van der Waals surface area contributed by atoms with E-state index in [9.17, 15) is 9.59 Å². The van der Waals surface area contributed by atoms with Crippen LogP contribution in [-0.2, 0) is 14.4 Å². The summed E-state index contributed by atoms with van der Waals surface area (Å²) < 4.78 is 5.73. The van der Waals surface area contributed by atoms with Gasteiger partial charge in [-0.3, -0.25) is 4.79 Å². The van der Waals surface area contributed by atoms with Gasteiger partial charge in [0.15, 0.2) is 6.61 Å². The molecule has 0 saturated carbocycles. The van der Waals surface area contributed by atoms with Crippen molar-refractivity contribution < 1.29 is 19.2 Å². The Bertz CT molecular complexity index is 788. The van der Waals surface area contributed by atoms with Crippen molar-refractivity contribution in [1.29, 1.82) is 0 Å². The molecule has 0 radical (unpaired) electrons. The minimum atomic E-state index is -0.401. The van der Waals surface area contributed by atoms with Gasteiger partial charge in [-0.1, -0.05) is 17.3 Å². The molecule has 0 fully saturated rings. The maximum Gasteiger partial charge on any atom is 0.337 e. The number of nitrogens with one attached hydrogen (secondary N) is 1. The molecule has 2 aromatic rings. The molecule has 0 aliphatic heterocycles. The van der Waals surface area contributed by atoms with E-state index < -0.39 is 5.97 Å². The Labute approximate surface area is 159 Å². The summed E-state index contributed by atoms with van der Waals surface area (Å²) in [5.41, 5.74) is 2.92. The van der Waals surface area contributed by atoms with Crippen molar-refractivity contribution in [2.24, 2.45) is 5.16 Å². The van der Waals surface area contributed by atoms with Crippen LogP contribution in [0.1, 0.15) is 21.5 Å². The van der Waals surface area contributed by atoms with E-state index in [-0.39, 0.29) is 12.5 Å². The third-order valence-corrected chi connectivity index (χ3v) is 3.94. The number of oxime groups is 1. The van der Waals surface area contributed by atoms with Crippen molar-refractivity contribution in [3.05, 3.63) is 62.7 Å². The number of carbonyl (C=O) groups excluding carboxylic acids is 2. The third kappa shape index (κ3) is 5.86. The molecule has 0 spiro atoms.